The highest BCUT2D eigenvalue weighted by Gasteiger charge is 2.27. The van der Waals surface area contributed by atoms with Gasteiger partial charge >= 0.3 is 0 Å². The maximum absolute atomic E-state index is 12.3. The number of hydrogen-bond acceptors (Lipinski definition) is 5. The molecule has 0 saturated carbocycles. The van der Waals surface area contributed by atoms with Gasteiger partial charge in [-0.2, -0.15) is 11.8 Å². The average Bonchev–Trinajstić information content (AvgIpc) is 3.10. The summed E-state index contributed by atoms with van der Waals surface area (Å²) in [7, 11) is 0. The van der Waals surface area contributed by atoms with Crippen molar-refractivity contribution in [2.24, 2.45) is 0 Å². The van der Waals surface area contributed by atoms with Crippen molar-refractivity contribution in [3.63, 3.8) is 0 Å². The molecule has 1 unspecified atom stereocenters. The molecule has 1 aromatic heterocycles. The summed E-state index contributed by atoms with van der Waals surface area (Å²) in [5.74, 6) is 2.58. The molecule has 0 radical (unpaired) electrons. The molecule has 2 amide bonds. The average molecular weight is 323 g/mol. The Labute approximate surface area is 134 Å². The van der Waals surface area contributed by atoms with Crippen LogP contribution in [0.3, 0.4) is 0 Å². The number of amides is 2. The van der Waals surface area contributed by atoms with Crippen molar-refractivity contribution < 1.29 is 14.0 Å². The van der Waals surface area contributed by atoms with E-state index in [0.717, 1.165) is 18.1 Å². The largest absolute Gasteiger partial charge is 0.459 e. The second kappa shape index (κ2) is 7.19. The minimum Gasteiger partial charge on any atom is -0.459 e. The fraction of sp³-hybridized carbons (Fsp3) is 0.600. The van der Waals surface area contributed by atoms with Gasteiger partial charge in [0.1, 0.15) is 0 Å². The summed E-state index contributed by atoms with van der Waals surface area (Å²) >= 11 is 1.90. The maximum atomic E-state index is 12.3. The fourth-order valence-corrected chi connectivity index (χ4v) is 3.75. The van der Waals surface area contributed by atoms with Gasteiger partial charge in [0.2, 0.25) is 5.91 Å². The molecule has 3 rings (SSSR count). The van der Waals surface area contributed by atoms with Crippen molar-refractivity contribution in [1.29, 1.82) is 0 Å². The number of carbonyl (C=O) groups is 2. The zero-order chi connectivity index (χ0) is 15.4. The molecule has 0 aliphatic carbocycles. The predicted molar refractivity (Wildman–Crippen MR) is 84.9 cm³/mol. The van der Waals surface area contributed by atoms with Gasteiger partial charge in [-0.3, -0.25) is 9.59 Å². The van der Waals surface area contributed by atoms with E-state index >= 15 is 0 Å². The summed E-state index contributed by atoms with van der Waals surface area (Å²) in [6.45, 7) is 3.32. The number of piperazine rings is 1. The first-order chi connectivity index (χ1) is 10.7. The van der Waals surface area contributed by atoms with Crippen molar-refractivity contribution in [2.75, 3.05) is 44.2 Å². The highest BCUT2D eigenvalue weighted by Crippen LogP contribution is 2.14. The van der Waals surface area contributed by atoms with Gasteiger partial charge < -0.3 is 19.5 Å². The standard InChI is InChI=1S/C15H21N3O3S/c19-14(10-12-11-22-9-3-16-12)17-4-6-18(7-5-17)15(20)13-2-1-8-21-13/h1-2,8,12,16H,3-7,9-11H2. The first kappa shape index (κ1) is 15.4. The number of hydrogen-bond donors (Lipinski definition) is 1. The molecule has 0 bridgehead atoms. The molecule has 1 aromatic rings. The molecule has 2 aliphatic heterocycles. The van der Waals surface area contributed by atoms with E-state index in [-0.39, 0.29) is 17.9 Å². The summed E-state index contributed by atoms with van der Waals surface area (Å²) in [6.07, 6.45) is 2.06. The maximum Gasteiger partial charge on any atom is 0.289 e. The van der Waals surface area contributed by atoms with Gasteiger partial charge in [-0.15, -0.1) is 0 Å². The van der Waals surface area contributed by atoms with E-state index in [9.17, 15) is 9.59 Å². The van der Waals surface area contributed by atoms with E-state index in [1.807, 2.05) is 16.7 Å². The third-order valence-corrected chi connectivity index (χ3v) is 5.20. The summed E-state index contributed by atoms with van der Waals surface area (Å²) in [6, 6.07) is 3.67. The van der Waals surface area contributed by atoms with E-state index in [1.54, 1.807) is 17.0 Å². The Morgan fingerprint density at radius 2 is 2.05 bits per heavy atom. The van der Waals surface area contributed by atoms with Gasteiger partial charge in [-0.1, -0.05) is 0 Å². The number of furan rings is 1. The summed E-state index contributed by atoms with van der Waals surface area (Å²) in [4.78, 5) is 28.1. The lowest BCUT2D eigenvalue weighted by atomic mass is 10.2. The summed E-state index contributed by atoms with van der Waals surface area (Å²) < 4.78 is 5.14. The van der Waals surface area contributed by atoms with Crippen LogP contribution in [-0.4, -0.2) is 71.9 Å². The van der Waals surface area contributed by atoms with Crippen LogP contribution >= 0.6 is 11.8 Å². The minimum atomic E-state index is -0.0950. The van der Waals surface area contributed by atoms with Crippen LogP contribution in [0.2, 0.25) is 0 Å². The van der Waals surface area contributed by atoms with Crippen LogP contribution in [0.5, 0.6) is 0 Å². The number of nitrogens with one attached hydrogen (secondary N) is 1. The normalized spacial score (nSPS) is 22.6. The van der Waals surface area contributed by atoms with E-state index < -0.39 is 0 Å². The van der Waals surface area contributed by atoms with Crippen LogP contribution in [0.1, 0.15) is 17.0 Å². The molecule has 3 heterocycles. The van der Waals surface area contributed by atoms with Crippen LogP contribution in [0, 0.1) is 0 Å². The molecule has 0 spiro atoms. The van der Waals surface area contributed by atoms with Crippen LogP contribution in [0.15, 0.2) is 22.8 Å². The Morgan fingerprint density at radius 1 is 1.27 bits per heavy atom. The third kappa shape index (κ3) is 3.64. The fourth-order valence-electron chi connectivity index (χ4n) is 2.81. The zero-order valence-corrected chi connectivity index (χ0v) is 13.3. The van der Waals surface area contributed by atoms with Gasteiger partial charge in [0.05, 0.1) is 6.26 Å². The third-order valence-electron chi connectivity index (χ3n) is 4.07. The van der Waals surface area contributed by atoms with Gasteiger partial charge in [-0.25, -0.2) is 0 Å². The first-order valence-electron chi connectivity index (χ1n) is 7.66. The van der Waals surface area contributed by atoms with Crippen molar-refractivity contribution in [3.8, 4) is 0 Å². The number of thioether (sulfide) groups is 1. The van der Waals surface area contributed by atoms with Crippen molar-refractivity contribution in [1.82, 2.24) is 15.1 Å². The lowest BCUT2D eigenvalue weighted by Gasteiger charge is -2.35. The molecule has 6 nitrogen and oxygen atoms in total. The lowest BCUT2D eigenvalue weighted by molar-refractivity contribution is -0.133. The van der Waals surface area contributed by atoms with Crippen molar-refractivity contribution >= 4 is 23.6 Å². The van der Waals surface area contributed by atoms with Gasteiger partial charge in [0.25, 0.3) is 5.91 Å². The quantitative estimate of drug-likeness (QED) is 0.885. The molecule has 22 heavy (non-hydrogen) atoms. The van der Waals surface area contributed by atoms with Crippen LogP contribution in [0.4, 0.5) is 0 Å². The minimum absolute atomic E-state index is 0.0950. The smallest absolute Gasteiger partial charge is 0.289 e. The molecule has 2 aliphatic rings. The Bertz CT molecular complexity index is 506. The number of nitrogens with zero attached hydrogens (tertiary/aromatic N) is 2. The highest BCUT2D eigenvalue weighted by molar-refractivity contribution is 7.99. The Hall–Kier alpha value is -1.47. The van der Waals surface area contributed by atoms with E-state index in [4.69, 9.17) is 4.42 Å². The molecule has 2 saturated heterocycles. The highest BCUT2D eigenvalue weighted by atomic mass is 32.2. The van der Waals surface area contributed by atoms with Crippen molar-refractivity contribution in [2.45, 2.75) is 12.5 Å². The number of carbonyl (C=O) groups excluding carboxylic acids is 2. The second-order valence-corrected chi connectivity index (χ2v) is 6.73. The Balaban J connectivity index is 1.46. The van der Waals surface area contributed by atoms with Gasteiger partial charge in [0.15, 0.2) is 5.76 Å². The topological polar surface area (TPSA) is 65.8 Å². The SMILES string of the molecule is O=C(CC1CSCCN1)N1CCN(C(=O)c2ccco2)CC1. The van der Waals surface area contributed by atoms with Crippen LogP contribution in [0.25, 0.3) is 0 Å². The van der Waals surface area contributed by atoms with Crippen molar-refractivity contribution in [3.05, 3.63) is 24.2 Å². The first-order valence-corrected chi connectivity index (χ1v) is 8.81. The molecule has 7 heteroatoms. The zero-order valence-electron chi connectivity index (χ0n) is 12.5. The molecule has 1 atom stereocenters. The predicted octanol–water partition coefficient (Wildman–Crippen LogP) is 0.659. The number of rotatable bonds is 3. The van der Waals surface area contributed by atoms with E-state index in [1.165, 1.54) is 6.26 Å². The van der Waals surface area contributed by atoms with Gasteiger partial charge in [-0.05, 0) is 12.1 Å². The Kier molecular flexibility index (Phi) is 5.04. The molecule has 120 valence electrons. The lowest BCUT2D eigenvalue weighted by Crippen LogP contribution is -2.52. The second-order valence-electron chi connectivity index (χ2n) is 5.58. The molecule has 1 N–H and O–H groups in total. The molecule has 0 aromatic carbocycles. The van der Waals surface area contributed by atoms with Crippen LogP contribution in [-0.2, 0) is 4.79 Å². The molecular weight excluding hydrogens is 302 g/mol. The molecular formula is C15H21N3O3S. The molecule has 2 fully saturated rings. The van der Waals surface area contributed by atoms with E-state index in [2.05, 4.69) is 5.32 Å². The monoisotopic (exact) mass is 323 g/mol. The Morgan fingerprint density at radius 3 is 2.68 bits per heavy atom. The summed E-state index contributed by atoms with van der Waals surface area (Å²) in [5.41, 5.74) is 0. The van der Waals surface area contributed by atoms with Gasteiger partial charge in [0, 0.05) is 56.7 Å². The van der Waals surface area contributed by atoms with E-state index in [0.29, 0.717) is 38.4 Å². The summed E-state index contributed by atoms with van der Waals surface area (Å²) in [5, 5.41) is 3.39. The van der Waals surface area contributed by atoms with Crippen LogP contribution < -0.4 is 5.32 Å².